The molecule has 5 unspecified atom stereocenters. The summed E-state index contributed by atoms with van der Waals surface area (Å²) in [6.07, 6.45) is 88.0. The molecular weight excluding hydrogens is 1350 g/mol. The number of phosphoric ester groups is 2. The van der Waals surface area contributed by atoms with Crippen molar-refractivity contribution in [1.29, 1.82) is 0 Å². The molecule has 0 bridgehead atoms. The Hall–Kier alpha value is -5.32. The van der Waals surface area contributed by atoms with Gasteiger partial charge in [-0.15, -0.1) is 0 Å². The normalized spacial score (nSPS) is 14.7. The molecule has 0 saturated heterocycles. The lowest BCUT2D eigenvalue weighted by Crippen LogP contribution is -2.30. The molecule has 0 radical (unpaired) electrons. The molecule has 0 saturated carbocycles. The lowest BCUT2D eigenvalue weighted by molar-refractivity contribution is -0.161. The van der Waals surface area contributed by atoms with Crippen LogP contribution in [0.1, 0.15) is 297 Å². The Bertz CT molecular complexity index is 2590. The maximum absolute atomic E-state index is 13.1. The lowest BCUT2D eigenvalue weighted by Gasteiger charge is -2.21. The monoisotopic (exact) mass is 1490 g/mol. The van der Waals surface area contributed by atoms with Crippen molar-refractivity contribution in [3.63, 3.8) is 0 Å². The first-order chi connectivity index (χ1) is 50.7. The first-order valence-corrected chi connectivity index (χ1v) is 42.7. The molecule has 0 aliphatic carbocycles. The van der Waals surface area contributed by atoms with Gasteiger partial charge in [-0.3, -0.25) is 37.3 Å². The highest BCUT2D eigenvalue weighted by atomic mass is 31.2. The Kier molecular flexibility index (Phi) is 72.0. The van der Waals surface area contributed by atoms with Gasteiger partial charge < -0.3 is 33.8 Å². The van der Waals surface area contributed by atoms with Gasteiger partial charge in [0.05, 0.1) is 26.4 Å². The van der Waals surface area contributed by atoms with Crippen molar-refractivity contribution in [3.05, 3.63) is 158 Å². The number of phosphoric acid groups is 2. The second-order valence-electron chi connectivity index (χ2n) is 25.9. The average Bonchev–Trinajstić information content (AvgIpc) is 0.931. The van der Waals surface area contributed by atoms with E-state index in [2.05, 4.69) is 186 Å². The van der Waals surface area contributed by atoms with Crippen LogP contribution in [0.3, 0.4) is 0 Å². The Labute approximate surface area is 629 Å². The summed E-state index contributed by atoms with van der Waals surface area (Å²) in [6, 6.07) is 0. The number of rotatable bonds is 73. The predicted octanol–water partition coefficient (Wildman–Crippen LogP) is 23.2. The van der Waals surface area contributed by atoms with E-state index in [1.807, 2.05) is 0 Å². The molecule has 0 aromatic carbocycles. The lowest BCUT2D eigenvalue weighted by atomic mass is 10.1. The van der Waals surface area contributed by atoms with Crippen molar-refractivity contribution in [2.24, 2.45) is 0 Å². The zero-order valence-electron chi connectivity index (χ0n) is 64.6. The van der Waals surface area contributed by atoms with E-state index in [4.69, 9.17) is 37.0 Å². The van der Waals surface area contributed by atoms with Crippen LogP contribution >= 0.6 is 15.6 Å². The number of hydrogen-bond acceptors (Lipinski definition) is 15. The minimum Gasteiger partial charge on any atom is -0.462 e. The van der Waals surface area contributed by atoms with E-state index in [0.717, 1.165) is 205 Å². The summed E-state index contributed by atoms with van der Waals surface area (Å²) in [5, 5.41) is 10.6. The van der Waals surface area contributed by atoms with Crippen LogP contribution in [0.2, 0.25) is 0 Å². The van der Waals surface area contributed by atoms with Crippen LogP contribution in [0, 0.1) is 0 Å². The highest BCUT2D eigenvalue weighted by molar-refractivity contribution is 7.47. The van der Waals surface area contributed by atoms with Gasteiger partial charge in [0.1, 0.15) is 19.3 Å². The van der Waals surface area contributed by atoms with Gasteiger partial charge in [-0.25, -0.2) is 9.13 Å². The molecule has 0 aliphatic rings. The molecule has 0 fully saturated rings. The summed E-state index contributed by atoms with van der Waals surface area (Å²) < 4.78 is 68.5. The van der Waals surface area contributed by atoms with Crippen molar-refractivity contribution in [2.45, 2.75) is 316 Å². The molecule has 19 heteroatoms. The Balaban J connectivity index is 5.40. The van der Waals surface area contributed by atoms with E-state index in [0.29, 0.717) is 25.7 Å². The zero-order valence-corrected chi connectivity index (χ0v) is 66.4. The van der Waals surface area contributed by atoms with E-state index < -0.39 is 97.5 Å². The third kappa shape index (κ3) is 74.9. The predicted molar refractivity (Wildman–Crippen MR) is 427 cm³/mol. The smallest absolute Gasteiger partial charge is 0.462 e. The number of unbranched alkanes of at least 4 members (excludes halogenated alkanes) is 21. The Morgan fingerprint density at radius 2 is 0.500 bits per heavy atom. The maximum atomic E-state index is 13.1. The molecule has 0 rings (SSSR count). The van der Waals surface area contributed by atoms with Gasteiger partial charge in [-0.2, -0.15) is 0 Å². The summed E-state index contributed by atoms with van der Waals surface area (Å²) in [7, 11) is -9.99. The van der Waals surface area contributed by atoms with Crippen molar-refractivity contribution in [2.75, 3.05) is 39.6 Å². The maximum Gasteiger partial charge on any atom is 0.472 e. The van der Waals surface area contributed by atoms with Gasteiger partial charge in [0, 0.05) is 25.7 Å². The summed E-state index contributed by atoms with van der Waals surface area (Å²) >= 11 is 0. The van der Waals surface area contributed by atoms with Gasteiger partial charge >= 0.3 is 39.5 Å². The molecule has 0 aliphatic heterocycles. The summed E-state index contributed by atoms with van der Waals surface area (Å²) in [6.45, 7) is 4.40. The van der Waals surface area contributed by atoms with E-state index in [-0.39, 0.29) is 25.7 Å². The number of carbonyl (C=O) groups excluding carboxylic acids is 4. The molecule has 0 aromatic rings. The van der Waals surface area contributed by atoms with Gasteiger partial charge in [0.15, 0.2) is 12.2 Å². The first kappa shape index (κ1) is 98.7. The number of aliphatic hydroxyl groups is 1. The Morgan fingerprint density at radius 1 is 0.279 bits per heavy atom. The molecule has 592 valence electrons. The third-order valence-corrected chi connectivity index (χ3v) is 17.9. The van der Waals surface area contributed by atoms with Gasteiger partial charge in [-0.1, -0.05) is 269 Å². The van der Waals surface area contributed by atoms with Gasteiger partial charge in [-0.05, 0) is 161 Å². The van der Waals surface area contributed by atoms with Crippen molar-refractivity contribution in [1.82, 2.24) is 0 Å². The molecule has 0 heterocycles. The van der Waals surface area contributed by atoms with Crippen LogP contribution < -0.4 is 0 Å². The van der Waals surface area contributed by atoms with Gasteiger partial charge in [0.2, 0.25) is 0 Å². The third-order valence-electron chi connectivity index (χ3n) is 16.0. The number of esters is 4. The van der Waals surface area contributed by atoms with Crippen molar-refractivity contribution >= 4 is 39.5 Å². The number of allylic oxidation sites excluding steroid dienone is 26. The number of aliphatic hydroxyl groups excluding tert-OH is 1. The quantitative estimate of drug-likeness (QED) is 0.0169. The van der Waals surface area contributed by atoms with Gasteiger partial charge in [0.25, 0.3) is 0 Å². The van der Waals surface area contributed by atoms with Crippen LogP contribution in [0.15, 0.2) is 158 Å². The van der Waals surface area contributed by atoms with E-state index >= 15 is 0 Å². The second kappa shape index (κ2) is 75.9. The highest BCUT2D eigenvalue weighted by Crippen LogP contribution is 2.45. The molecule has 5 atom stereocenters. The largest absolute Gasteiger partial charge is 0.472 e. The number of hydrogen-bond donors (Lipinski definition) is 3. The molecule has 0 aromatic heterocycles. The topological polar surface area (TPSA) is 237 Å². The van der Waals surface area contributed by atoms with Crippen LogP contribution in [-0.4, -0.2) is 96.7 Å². The minimum atomic E-state index is -4.99. The highest BCUT2D eigenvalue weighted by Gasteiger charge is 2.30. The molecular formula is C85H140O17P2. The van der Waals surface area contributed by atoms with Crippen LogP contribution in [-0.2, 0) is 65.4 Å². The summed E-state index contributed by atoms with van der Waals surface area (Å²) in [4.78, 5) is 73.0. The fourth-order valence-corrected chi connectivity index (χ4v) is 11.6. The van der Waals surface area contributed by atoms with Crippen LogP contribution in [0.5, 0.6) is 0 Å². The molecule has 0 amide bonds. The van der Waals surface area contributed by atoms with Crippen LogP contribution in [0.25, 0.3) is 0 Å². The number of ether oxygens (including phenoxy) is 4. The van der Waals surface area contributed by atoms with Crippen molar-refractivity contribution < 1.29 is 80.2 Å². The Morgan fingerprint density at radius 3 is 0.788 bits per heavy atom. The van der Waals surface area contributed by atoms with Crippen LogP contribution in [0.4, 0.5) is 0 Å². The average molecular weight is 1500 g/mol. The van der Waals surface area contributed by atoms with Crippen molar-refractivity contribution in [3.8, 4) is 0 Å². The number of carbonyl (C=O) groups is 4. The zero-order chi connectivity index (χ0) is 76.0. The summed E-state index contributed by atoms with van der Waals surface area (Å²) in [5.74, 6) is -2.27. The SMILES string of the molecule is CC/C=C\C/C=C\C/C=C\C/C=C\C/C=C\CCCCCC(=O)OCC(COP(=O)(O)OCC(O)COP(=O)(O)OCC(COC(=O)CCCCCC/C=C\C/C=C\C/C=C\C/C=C\CC)OC(=O)CCCCCCCCC/C=C\C/C=C\C/C=C\CC)OC(=O)CCCCCCC/C=C\CCCC. The van der Waals surface area contributed by atoms with E-state index in [9.17, 15) is 43.2 Å². The first-order valence-electron chi connectivity index (χ1n) is 39.7. The minimum absolute atomic E-state index is 0.0717. The van der Waals surface area contributed by atoms with E-state index in [1.54, 1.807) is 0 Å². The standard InChI is InChI=1S/C85H140O17P2/c1-5-9-13-17-21-25-29-32-35-38-39-42-44-47-51-54-58-62-66-70-82(87)95-75-80(101-84(89)71-67-63-59-55-49-28-24-20-16-12-8-4)77-99-103(91,92)97-73-79(86)74-98-104(93,94)100-78-81(102-85(90)72-68-64-60-56-52-48-45-41-37-34-31-27-23-19-15-11-7-3)76-96-83(88)69-65-61-57-53-50-46-43-40-36-33-30-26-22-18-14-10-6-2/h9-11,13-15,20-27,32-37,39,42-43,46-47,51,79-81,86H,5-8,12,16-19,28-31,38,40-41,44-45,48-50,52-78H2,1-4H3,(H,91,92)(H,93,94)/b13-9-,14-10-,15-11-,24-20-,25-21-,26-22-,27-23-,35-32-,36-33-,37-34-,42-39-,46-43-,51-47-. The molecule has 3 N–H and O–H groups in total. The van der Waals surface area contributed by atoms with E-state index in [1.165, 1.54) is 12.8 Å². The second-order valence-corrected chi connectivity index (χ2v) is 28.8. The fraction of sp³-hybridized carbons (Fsp3) is 0.647. The molecule has 17 nitrogen and oxygen atoms in total. The summed E-state index contributed by atoms with van der Waals surface area (Å²) in [5.41, 5.74) is 0. The molecule has 104 heavy (non-hydrogen) atoms. The molecule has 0 spiro atoms. The fourth-order valence-electron chi connectivity index (χ4n) is 10.00.